The van der Waals surface area contributed by atoms with E-state index < -0.39 is 40.3 Å². The highest BCUT2D eigenvalue weighted by atomic mass is 32.2. The van der Waals surface area contributed by atoms with Gasteiger partial charge in [-0.3, -0.25) is 14.4 Å². The molecular weight excluding hydrogens is 312 g/mol. The number of nitrogens with one attached hydrogen (secondary N) is 1. The van der Waals surface area contributed by atoms with Crippen LogP contribution in [0.3, 0.4) is 0 Å². The van der Waals surface area contributed by atoms with Crippen LogP contribution in [-0.2, 0) is 19.6 Å². The molecule has 2 rings (SSSR count). The molecule has 0 saturated carbocycles. The van der Waals surface area contributed by atoms with Crippen molar-refractivity contribution in [1.82, 2.24) is 5.32 Å². The minimum Gasteiger partial charge on any atom is -0.480 e. The Bertz CT molecular complexity index is 725. The van der Waals surface area contributed by atoms with Gasteiger partial charge in [-0.2, -0.15) is 0 Å². The first-order valence-corrected chi connectivity index (χ1v) is 8.00. The number of hydrogen-bond donors (Lipinski definition) is 2. The molecule has 22 heavy (non-hydrogen) atoms. The van der Waals surface area contributed by atoms with Crippen LogP contribution in [0.1, 0.15) is 17.3 Å². The van der Waals surface area contributed by atoms with Crippen LogP contribution >= 0.6 is 0 Å². The first-order chi connectivity index (χ1) is 10.2. The van der Waals surface area contributed by atoms with E-state index in [1.807, 2.05) is 0 Å². The highest BCUT2D eigenvalue weighted by Crippen LogP contribution is 2.28. The second-order valence-electron chi connectivity index (χ2n) is 4.91. The van der Waals surface area contributed by atoms with Crippen LogP contribution in [0.5, 0.6) is 0 Å². The van der Waals surface area contributed by atoms with E-state index in [4.69, 9.17) is 5.11 Å². The molecule has 2 N–H and O–H groups in total. The minimum absolute atomic E-state index is 0.157. The summed E-state index contributed by atoms with van der Waals surface area (Å²) in [6.45, 7) is 1.02. The van der Waals surface area contributed by atoms with Gasteiger partial charge in [0.05, 0.1) is 17.4 Å². The van der Waals surface area contributed by atoms with Crippen molar-refractivity contribution >= 4 is 33.5 Å². The Morgan fingerprint density at radius 3 is 2.36 bits per heavy atom. The topological polar surface area (TPSA) is 121 Å². The van der Waals surface area contributed by atoms with Gasteiger partial charge in [-0.1, -0.05) is 6.92 Å². The quantitative estimate of drug-likeness (QED) is 0.791. The van der Waals surface area contributed by atoms with Gasteiger partial charge >= 0.3 is 5.97 Å². The molecule has 0 aliphatic carbocycles. The van der Waals surface area contributed by atoms with Crippen LogP contribution < -0.4 is 9.62 Å². The summed E-state index contributed by atoms with van der Waals surface area (Å²) in [5, 5.41) is 10.7. The number of anilines is 1. The normalized spacial score (nSPS) is 20.0. The van der Waals surface area contributed by atoms with E-state index in [1.165, 1.54) is 31.2 Å². The van der Waals surface area contributed by atoms with Crippen molar-refractivity contribution in [2.75, 3.05) is 16.6 Å². The molecule has 1 aromatic carbocycles. The van der Waals surface area contributed by atoms with Gasteiger partial charge in [0.15, 0.2) is 0 Å². The second-order valence-corrected chi connectivity index (χ2v) is 6.77. The van der Waals surface area contributed by atoms with Crippen molar-refractivity contribution in [2.24, 2.45) is 5.92 Å². The summed E-state index contributed by atoms with van der Waals surface area (Å²) in [5.74, 6) is -3.13. The Hall–Kier alpha value is -2.42. The zero-order valence-electron chi connectivity index (χ0n) is 11.6. The number of hydrogen-bond acceptors (Lipinski definition) is 5. The number of rotatable bonds is 4. The average molecular weight is 326 g/mol. The maximum atomic E-state index is 11.9. The van der Waals surface area contributed by atoms with Crippen LogP contribution in [-0.4, -0.2) is 43.6 Å². The largest absolute Gasteiger partial charge is 0.480 e. The van der Waals surface area contributed by atoms with Gasteiger partial charge in [0.25, 0.3) is 5.91 Å². The van der Waals surface area contributed by atoms with Gasteiger partial charge in [0.2, 0.25) is 15.9 Å². The first kappa shape index (κ1) is 16.0. The van der Waals surface area contributed by atoms with Crippen molar-refractivity contribution in [3.8, 4) is 0 Å². The van der Waals surface area contributed by atoms with Crippen molar-refractivity contribution in [1.29, 1.82) is 0 Å². The Balaban J connectivity index is 2.21. The van der Waals surface area contributed by atoms with E-state index in [0.717, 1.165) is 4.31 Å². The molecule has 1 aliphatic heterocycles. The molecule has 2 amide bonds. The Morgan fingerprint density at radius 1 is 1.32 bits per heavy atom. The minimum atomic E-state index is -3.69. The van der Waals surface area contributed by atoms with E-state index in [-0.39, 0.29) is 17.0 Å². The smallest absolute Gasteiger partial charge is 0.322 e. The summed E-state index contributed by atoms with van der Waals surface area (Å²) in [5.41, 5.74) is 0.325. The number of benzene rings is 1. The third-order valence-electron chi connectivity index (χ3n) is 3.12. The molecule has 8 nitrogen and oxygen atoms in total. The number of carboxylic acids is 1. The number of aliphatic carboxylic acids is 1. The monoisotopic (exact) mass is 326 g/mol. The van der Waals surface area contributed by atoms with E-state index in [9.17, 15) is 22.8 Å². The highest BCUT2D eigenvalue weighted by molar-refractivity contribution is 7.94. The Kier molecular flexibility index (Phi) is 4.18. The number of carbonyl (C=O) groups is 3. The zero-order valence-corrected chi connectivity index (χ0v) is 12.5. The molecule has 118 valence electrons. The fourth-order valence-corrected chi connectivity index (χ4v) is 3.91. The maximum Gasteiger partial charge on any atom is 0.322 e. The van der Waals surface area contributed by atoms with Crippen LogP contribution in [0.4, 0.5) is 5.69 Å². The predicted molar refractivity (Wildman–Crippen MR) is 76.8 cm³/mol. The van der Waals surface area contributed by atoms with Gasteiger partial charge in [-0.05, 0) is 24.3 Å². The van der Waals surface area contributed by atoms with Gasteiger partial charge in [-0.25, -0.2) is 12.7 Å². The first-order valence-electron chi connectivity index (χ1n) is 6.39. The number of carbonyl (C=O) groups excluding carboxylic acids is 2. The number of carboxylic acid groups (broad SMARTS) is 1. The molecule has 1 aliphatic rings. The average Bonchev–Trinajstić information content (AvgIpc) is 2.64. The molecule has 1 fully saturated rings. The van der Waals surface area contributed by atoms with Gasteiger partial charge in [-0.15, -0.1) is 0 Å². The zero-order chi connectivity index (χ0) is 16.5. The molecule has 1 atom stereocenters. The second kappa shape index (κ2) is 5.76. The van der Waals surface area contributed by atoms with Crippen LogP contribution in [0.15, 0.2) is 24.3 Å². The third kappa shape index (κ3) is 3.08. The van der Waals surface area contributed by atoms with E-state index in [1.54, 1.807) is 0 Å². The molecular formula is C13H14N2O6S. The predicted octanol–water partition coefficient (Wildman–Crippen LogP) is -0.187. The number of amides is 2. The lowest BCUT2D eigenvalue weighted by atomic mass is 10.1. The summed E-state index contributed by atoms with van der Waals surface area (Å²) in [6, 6.07) is 5.34. The molecule has 1 aromatic rings. The van der Waals surface area contributed by atoms with E-state index in [0.29, 0.717) is 0 Å². The molecule has 1 saturated heterocycles. The number of nitrogens with zero attached hydrogens (tertiary/aromatic N) is 1. The van der Waals surface area contributed by atoms with Crippen molar-refractivity contribution in [3.63, 3.8) is 0 Å². The van der Waals surface area contributed by atoms with E-state index >= 15 is 0 Å². The Morgan fingerprint density at radius 2 is 1.91 bits per heavy atom. The Labute approximate surface area is 126 Å². The summed E-state index contributed by atoms with van der Waals surface area (Å²) in [4.78, 5) is 33.9. The molecule has 0 bridgehead atoms. The molecule has 9 heteroatoms. The lowest BCUT2D eigenvalue weighted by Gasteiger charge is -2.15. The molecule has 0 unspecified atom stereocenters. The van der Waals surface area contributed by atoms with Crippen LogP contribution in [0.25, 0.3) is 0 Å². The van der Waals surface area contributed by atoms with Crippen molar-refractivity contribution < 1.29 is 27.9 Å². The van der Waals surface area contributed by atoms with Crippen molar-refractivity contribution in [3.05, 3.63) is 29.8 Å². The molecule has 0 radical (unpaired) electrons. The van der Waals surface area contributed by atoms with Crippen LogP contribution in [0.2, 0.25) is 0 Å². The third-order valence-corrected chi connectivity index (χ3v) is 4.99. The highest BCUT2D eigenvalue weighted by Gasteiger charge is 2.41. The number of sulfonamides is 1. The van der Waals surface area contributed by atoms with Gasteiger partial charge in [0.1, 0.15) is 6.54 Å². The molecule has 0 spiro atoms. The fourth-order valence-electron chi connectivity index (χ4n) is 2.09. The maximum absolute atomic E-state index is 11.9. The van der Waals surface area contributed by atoms with Gasteiger partial charge in [0, 0.05) is 5.56 Å². The SMILES string of the molecule is C[C@H]1CS(=O)(=O)N(c2ccc(C(=O)NCC(=O)O)cc2)C1=O. The summed E-state index contributed by atoms with van der Waals surface area (Å²) in [7, 11) is -3.69. The molecule has 0 aromatic heterocycles. The lowest BCUT2D eigenvalue weighted by Crippen LogP contribution is -2.31. The lowest BCUT2D eigenvalue weighted by molar-refractivity contribution is -0.135. The summed E-state index contributed by atoms with van der Waals surface area (Å²) >= 11 is 0. The summed E-state index contributed by atoms with van der Waals surface area (Å²) in [6.07, 6.45) is 0. The van der Waals surface area contributed by atoms with E-state index in [2.05, 4.69) is 5.32 Å². The van der Waals surface area contributed by atoms with Gasteiger partial charge < -0.3 is 10.4 Å². The fraction of sp³-hybridized carbons (Fsp3) is 0.308. The molecule has 1 heterocycles. The standard InChI is InChI=1S/C13H14N2O6S/c1-8-7-22(20,21)15(13(8)19)10-4-2-9(3-5-10)12(18)14-6-11(16)17/h2-5,8H,6-7H2,1H3,(H,14,18)(H,16,17)/t8-/m0/s1. The van der Waals surface area contributed by atoms with Crippen molar-refractivity contribution in [2.45, 2.75) is 6.92 Å². The summed E-state index contributed by atoms with van der Waals surface area (Å²) < 4.78 is 24.6. The van der Waals surface area contributed by atoms with Crippen LogP contribution in [0, 0.1) is 5.92 Å².